The van der Waals surface area contributed by atoms with Crippen molar-refractivity contribution >= 4 is 23.5 Å². The molecule has 2 aromatic carbocycles. The van der Waals surface area contributed by atoms with E-state index in [1.807, 2.05) is 36.4 Å². The van der Waals surface area contributed by atoms with E-state index in [0.29, 0.717) is 5.02 Å². The van der Waals surface area contributed by atoms with Crippen LogP contribution in [0.3, 0.4) is 0 Å². The van der Waals surface area contributed by atoms with E-state index in [4.69, 9.17) is 11.6 Å². The lowest BCUT2D eigenvalue weighted by molar-refractivity contribution is 1.35. The zero-order chi connectivity index (χ0) is 12.1. The molecule has 3 heteroatoms. The van der Waals surface area contributed by atoms with Gasteiger partial charge in [-0.2, -0.15) is 5.10 Å². The van der Waals surface area contributed by atoms with Crippen LogP contribution < -0.4 is 5.43 Å². The molecule has 0 bridgehead atoms. The minimum atomic E-state index is 0.695. The third-order valence-corrected chi connectivity index (χ3v) is 2.51. The maximum atomic E-state index is 5.87. The van der Waals surface area contributed by atoms with Gasteiger partial charge in [-0.3, -0.25) is 5.43 Å². The van der Waals surface area contributed by atoms with Crippen molar-refractivity contribution in [3.05, 3.63) is 64.7 Å². The van der Waals surface area contributed by atoms with Crippen LogP contribution in [-0.2, 0) is 0 Å². The molecule has 0 heterocycles. The molecule has 0 aliphatic heterocycles. The van der Waals surface area contributed by atoms with E-state index >= 15 is 0 Å². The quantitative estimate of drug-likeness (QED) is 0.638. The van der Waals surface area contributed by atoms with Gasteiger partial charge in [0.05, 0.1) is 11.9 Å². The average Bonchev–Trinajstić information content (AvgIpc) is 2.29. The number of nitrogens with one attached hydrogen (secondary N) is 1. The van der Waals surface area contributed by atoms with Crippen molar-refractivity contribution in [3.8, 4) is 0 Å². The fraction of sp³-hybridized carbons (Fsp3) is 0.0714. The standard InChI is InChI=1S/C14H13ClN2/c1-11-4-2-5-12(8-11)10-16-17-14-7-3-6-13(15)9-14/h2-10,17H,1H3/b16-10+. The predicted molar refractivity (Wildman–Crippen MR) is 73.8 cm³/mol. The molecule has 2 aromatic rings. The number of hydrogen-bond donors (Lipinski definition) is 1. The van der Waals surface area contributed by atoms with Gasteiger partial charge in [0.1, 0.15) is 0 Å². The van der Waals surface area contributed by atoms with Gasteiger partial charge in [0.2, 0.25) is 0 Å². The van der Waals surface area contributed by atoms with E-state index in [1.165, 1.54) is 5.56 Å². The highest BCUT2D eigenvalue weighted by molar-refractivity contribution is 6.30. The van der Waals surface area contributed by atoms with Gasteiger partial charge in [-0.05, 0) is 30.7 Å². The van der Waals surface area contributed by atoms with Crippen molar-refractivity contribution < 1.29 is 0 Å². The van der Waals surface area contributed by atoms with Gasteiger partial charge < -0.3 is 0 Å². The number of hydrogen-bond acceptors (Lipinski definition) is 2. The van der Waals surface area contributed by atoms with Crippen LogP contribution >= 0.6 is 11.6 Å². The largest absolute Gasteiger partial charge is 0.278 e. The number of anilines is 1. The lowest BCUT2D eigenvalue weighted by Gasteiger charge is -2.00. The first-order chi connectivity index (χ1) is 8.24. The van der Waals surface area contributed by atoms with Crippen molar-refractivity contribution in [2.75, 3.05) is 5.43 Å². The molecule has 17 heavy (non-hydrogen) atoms. The molecule has 0 saturated heterocycles. The van der Waals surface area contributed by atoms with Gasteiger partial charge in [0, 0.05) is 5.02 Å². The van der Waals surface area contributed by atoms with Gasteiger partial charge in [0.25, 0.3) is 0 Å². The summed E-state index contributed by atoms with van der Waals surface area (Å²) in [7, 11) is 0. The monoisotopic (exact) mass is 244 g/mol. The van der Waals surface area contributed by atoms with Gasteiger partial charge in [0.15, 0.2) is 0 Å². The fourth-order valence-corrected chi connectivity index (χ4v) is 1.68. The van der Waals surface area contributed by atoms with E-state index in [0.717, 1.165) is 11.3 Å². The molecule has 0 aromatic heterocycles. The van der Waals surface area contributed by atoms with E-state index < -0.39 is 0 Å². The number of rotatable bonds is 3. The molecule has 0 unspecified atom stereocenters. The average molecular weight is 245 g/mol. The van der Waals surface area contributed by atoms with E-state index in [-0.39, 0.29) is 0 Å². The predicted octanol–water partition coefficient (Wildman–Crippen LogP) is 4.09. The van der Waals surface area contributed by atoms with Gasteiger partial charge >= 0.3 is 0 Å². The molecule has 0 fully saturated rings. The maximum absolute atomic E-state index is 5.87. The first kappa shape index (κ1) is 11.7. The zero-order valence-corrected chi connectivity index (χ0v) is 10.3. The summed E-state index contributed by atoms with van der Waals surface area (Å²) in [5, 5.41) is 4.86. The number of halogens is 1. The summed E-state index contributed by atoms with van der Waals surface area (Å²) < 4.78 is 0. The lowest BCUT2D eigenvalue weighted by Crippen LogP contribution is -1.90. The SMILES string of the molecule is Cc1cccc(/C=N/Nc2cccc(Cl)c2)c1. The van der Waals surface area contributed by atoms with Crippen molar-refractivity contribution in [2.24, 2.45) is 5.10 Å². The lowest BCUT2D eigenvalue weighted by atomic mass is 10.2. The second-order valence-electron chi connectivity index (χ2n) is 3.79. The Balaban J connectivity index is 2.03. The van der Waals surface area contributed by atoms with E-state index in [1.54, 1.807) is 6.21 Å². The minimum absolute atomic E-state index is 0.695. The Morgan fingerprint density at radius 3 is 2.71 bits per heavy atom. The molecule has 0 amide bonds. The van der Waals surface area contributed by atoms with Crippen LogP contribution in [0.5, 0.6) is 0 Å². The smallest absolute Gasteiger partial charge is 0.0576 e. The molecule has 0 saturated carbocycles. The van der Waals surface area contributed by atoms with Crippen molar-refractivity contribution in [2.45, 2.75) is 6.92 Å². The Morgan fingerprint density at radius 1 is 1.12 bits per heavy atom. The molecular formula is C14H13ClN2. The molecule has 0 atom stereocenters. The van der Waals surface area contributed by atoms with E-state index in [2.05, 4.69) is 29.6 Å². The summed E-state index contributed by atoms with van der Waals surface area (Å²) in [6.45, 7) is 2.06. The molecule has 86 valence electrons. The van der Waals surface area contributed by atoms with E-state index in [9.17, 15) is 0 Å². The second-order valence-corrected chi connectivity index (χ2v) is 4.23. The summed E-state index contributed by atoms with van der Waals surface area (Å²) in [6, 6.07) is 15.6. The molecule has 0 radical (unpaired) electrons. The topological polar surface area (TPSA) is 24.4 Å². The normalized spacial score (nSPS) is 10.7. The highest BCUT2D eigenvalue weighted by Crippen LogP contribution is 2.14. The highest BCUT2D eigenvalue weighted by Gasteiger charge is 1.91. The van der Waals surface area contributed by atoms with Gasteiger partial charge in [-0.25, -0.2) is 0 Å². The van der Waals surface area contributed by atoms with Crippen LogP contribution in [-0.4, -0.2) is 6.21 Å². The number of aryl methyl sites for hydroxylation is 1. The van der Waals surface area contributed by atoms with Gasteiger partial charge in [-0.15, -0.1) is 0 Å². The number of nitrogens with zero attached hydrogens (tertiary/aromatic N) is 1. The Kier molecular flexibility index (Phi) is 3.78. The third-order valence-electron chi connectivity index (χ3n) is 2.27. The Bertz CT molecular complexity index is 535. The van der Waals surface area contributed by atoms with Crippen molar-refractivity contribution in [1.29, 1.82) is 0 Å². The molecule has 2 rings (SSSR count). The zero-order valence-electron chi connectivity index (χ0n) is 9.52. The van der Waals surface area contributed by atoms with Crippen LogP contribution in [0.4, 0.5) is 5.69 Å². The van der Waals surface area contributed by atoms with Crippen LogP contribution in [0.15, 0.2) is 53.6 Å². The molecule has 0 aliphatic carbocycles. The minimum Gasteiger partial charge on any atom is -0.278 e. The van der Waals surface area contributed by atoms with Gasteiger partial charge in [-0.1, -0.05) is 47.5 Å². The Hall–Kier alpha value is -1.80. The van der Waals surface area contributed by atoms with Crippen LogP contribution in [0, 0.1) is 6.92 Å². The first-order valence-corrected chi connectivity index (χ1v) is 5.73. The third kappa shape index (κ3) is 3.61. The highest BCUT2D eigenvalue weighted by atomic mass is 35.5. The van der Waals surface area contributed by atoms with Crippen molar-refractivity contribution in [1.82, 2.24) is 0 Å². The summed E-state index contributed by atoms with van der Waals surface area (Å²) >= 11 is 5.87. The second kappa shape index (κ2) is 5.51. The van der Waals surface area contributed by atoms with Crippen LogP contribution in [0.1, 0.15) is 11.1 Å². The first-order valence-electron chi connectivity index (χ1n) is 5.35. The van der Waals surface area contributed by atoms with Crippen LogP contribution in [0.2, 0.25) is 5.02 Å². The molecule has 2 nitrogen and oxygen atoms in total. The van der Waals surface area contributed by atoms with Crippen molar-refractivity contribution in [3.63, 3.8) is 0 Å². The Labute approximate surface area is 106 Å². The summed E-state index contributed by atoms with van der Waals surface area (Å²) in [6.07, 6.45) is 1.79. The Morgan fingerprint density at radius 2 is 1.94 bits per heavy atom. The maximum Gasteiger partial charge on any atom is 0.0576 e. The fourth-order valence-electron chi connectivity index (χ4n) is 1.49. The molecule has 1 N–H and O–H groups in total. The van der Waals surface area contributed by atoms with Crippen LogP contribution in [0.25, 0.3) is 0 Å². The summed E-state index contributed by atoms with van der Waals surface area (Å²) in [4.78, 5) is 0. The number of benzene rings is 2. The molecular weight excluding hydrogens is 232 g/mol. The summed E-state index contributed by atoms with van der Waals surface area (Å²) in [5.41, 5.74) is 6.10. The molecule has 0 aliphatic rings. The summed E-state index contributed by atoms with van der Waals surface area (Å²) in [5.74, 6) is 0. The number of hydrazone groups is 1. The molecule has 0 spiro atoms.